The van der Waals surface area contributed by atoms with E-state index in [1.165, 1.54) is 5.69 Å². The van der Waals surface area contributed by atoms with Crippen molar-refractivity contribution in [1.29, 1.82) is 0 Å². The Bertz CT molecular complexity index is 523. The van der Waals surface area contributed by atoms with Gasteiger partial charge < -0.3 is 20.9 Å². The minimum absolute atomic E-state index is 0. The number of amides is 2. The highest BCUT2D eigenvalue weighted by atomic mass is 35.5. The number of hydrogen-bond acceptors (Lipinski definition) is 4. The van der Waals surface area contributed by atoms with E-state index in [1.54, 1.807) is 0 Å². The Morgan fingerprint density at radius 3 is 2.23 bits per heavy atom. The van der Waals surface area contributed by atoms with Crippen molar-refractivity contribution in [2.75, 3.05) is 44.2 Å². The number of benzene rings is 1. The molecule has 0 aliphatic carbocycles. The van der Waals surface area contributed by atoms with Crippen LogP contribution in [0.1, 0.15) is 25.7 Å². The van der Waals surface area contributed by atoms with E-state index in [1.807, 2.05) is 23.1 Å². The van der Waals surface area contributed by atoms with Crippen molar-refractivity contribution >= 4 is 42.3 Å². The summed E-state index contributed by atoms with van der Waals surface area (Å²) in [5, 5.41) is 2.83. The summed E-state index contributed by atoms with van der Waals surface area (Å²) in [6.07, 6.45) is 2.34. The number of piperazine rings is 1. The van der Waals surface area contributed by atoms with Gasteiger partial charge in [0.1, 0.15) is 0 Å². The summed E-state index contributed by atoms with van der Waals surface area (Å²) in [6.45, 7) is 4.34. The first-order valence-corrected chi connectivity index (χ1v) is 8.75. The number of nitrogens with zero attached hydrogens (tertiary/aromatic N) is 2. The van der Waals surface area contributed by atoms with Crippen molar-refractivity contribution in [1.82, 2.24) is 10.2 Å². The second-order valence-electron chi connectivity index (χ2n) is 6.05. The molecular formula is C18H30Cl2N4O2. The molecule has 6 nitrogen and oxygen atoms in total. The largest absolute Gasteiger partial charge is 0.368 e. The topological polar surface area (TPSA) is 78.7 Å². The van der Waals surface area contributed by atoms with Gasteiger partial charge in [0.25, 0.3) is 0 Å². The summed E-state index contributed by atoms with van der Waals surface area (Å²) in [5.74, 6) is 0.197. The molecule has 0 spiro atoms. The lowest BCUT2D eigenvalue weighted by atomic mass is 10.2. The molecule has 1 saturated heterocycles. The van der Waals surface area contributed by atoms with Crippen LogP contribution in [0.25, 0.3) is 0 Å². The number of carbonyl (C=O) groups is 2. The number of nitrogens with two attached hydrogens (primary N) is 1. The number of carbonyl (C=O) groups excluding carboxylic acids is 2. The molecule has 0 unspecified atom stereocenters. The summed E-state index contributed by atoms with van der Waals surface area (Å²) in [7, 11) is 0. The Balaban J connectivity index is 0.00000312. The number of rotatable bonds is 8. The van der Waals surface area contributed by atoms with Crippen LogP contribution in [0.3, 0.4) is 0 Å². The third kappa shape index (κ3) is 8.25. The Labute approximate surface area is 168 Å². The first-order valence-electron chi connectivity index (χ1n) is 8.75. The van der Waals surface area contributed by atoms with Crippen LogP contribution in [0.2, 0.25) is 0 Å². The summed E-state index contributed by atoms with van der Waals surface area (Å²) < 4.78 is 0. The molecule has 26 heavy (non-hydrogen) atoms. The smallest absolute Gasteiger partial charge is 0.222 e. The maximum absolute atomic E-state index is 12.2. The molecule has 0 bridgehead atoms. The predicted octanol–water partition coefficient (Wildman–Crippen LogP) is 1.81. The SMILES string of the molecule is Cl.Cl.NCCCC(=O)NCCCC(=O)N1CCN(c2ccccc2)CC1. The van der Waals surface area contributed by atoms with E-state index in [2.05, 4.69) is 22.3 Å². The number of para-hydroxylation sites is 1. The van der Waals surface area contributed by atoms with E-state index in [9.17, 15) is 9.59 Å². The minimum atomic E-state index is 0. The van der Waals surface area contributed by atoms with Crippen molar-refractivity contribution in [2.45, 2.75) is 25.7 Å². The van der Waals surface area contributed by atoms with E-state index in [-0.39, 0.29) is 36.6 Å². The fourth-order valence-electron chi connectivity index (χ4n) is 2.83. The summed E-state index contributed by atoms with van der Waals surface area (Å²) in [5.41, 5.74) is 6.58. The summed E-state index contributed by atoms with van der Waals surface area (Å²) in [6, 6.07) is 10.3. The lowest BCUT2D eigenvalue weighted by Crippen LogP contribution is -2.48. The van der Waals surface area contributed by atoms with E-state index < -0.39 is 0 Å². The maximum Gasteiger partial charge on any atom is 0.222 e. The molecule has 0 aromatic heterocycles. The molecule has 1 fully saturated rings. The third-order valence-corrected chi connectivity index (χ3v) is 4.25. The fraction of sp³-hybridized carbons (Fsp3) is 0.556. The van der Waals surface area contributed by atoms with E-state index in [0.717, 1.165) is 26.2 Å². The van der Waals surface area contributed by atoms with Gasteiger partial charge >= 0.3 is 0 Å². The number of hydrogen-bond donors (Lipinski definition) is 2. The predicted molar refractivity (Wildman–Crippen MR) is 110 cm³/mol. The van der Waals surface area contributed by atoms with Gasteiger partial charge in [0.05, 0.1) is 0 Å². The molecule has 1 heterocycles. The summed E-state index contributed by atoms with van der Waals surface area (Å²) >= 11 is 0. The molecule has 8 heteroatoms. The van der Waals surface area contributed by atoms with Crippen molar-refractivity contribution in [2.24, 2.45) is 5.73 Å². The van der Waals surface area contributed by atoms with E-state index >= 15 is 0 Å². The van der Waals surface area contributed by atoms with Gasteiger partial charge in [-0.2, -0.15) is 0 Å². The lowest BCUT2D eigenvalue weighted by molar-refractivity contribution is -0.131. The normalized spacial score (nSPS) is 13.4. The van der Waals surface area contributed by atoms with Crippen molar-refractivity contribution in [3.8, 4) is 0 Å². The van der Waals surface area contributed by atoms with Crippen LogP contribution in [0.5, 0.6) is 0 Å². The van der Waals surface area contributed by atoms with Gasteiger partial charge in [0.15, 0.2) is 0 Å². The Hall–Kier alpha value is -1.50. The van der Waals surface area contributed by atoms with Crippen LogP contribution in [0.4, 0.5) is 5.69 Å². The van der Waals surface area contributed by atoms with Crippen LogP contribution in [-0.2, 0) is 9.59 Å². The quantitative estimate of drug-likeness (QED) is 0.647. The zero-order chi connectivity index (χ0) is 17.2. The Morgan fingerprint density at radius 1 is 0.962 bits per heavy atom. The Morgan fingerprint density at radius 2 is 1.62 bits per heavy atom. The highest BCUT2D eigenvalue weighted by molar-refractivity contribution is 5.85. The van der Waals surface area contributed by atoms with Crippen LogP contribution >= 0.6 is 24.8 Å². The van der Waals surface area contributed by atoms with Gasteiger partial charge in [0, 0.05) is 51.3 Å². The summed E-state index contributed by atoms with van der Waals surface area (Å²) in [4.78, 5) is 27.9. The maximum atomic E-state index is 12.2. The molecule has 2 amide bonds. The van der Waals surface area contributed by atoms with E-state index in [4.69, 9.17) is 5.73 Å². The Kier molecular flexibility index (Phi) is 12.9. The highest BCUT2D eigenvalue weighted by Crippen LogP contribution is 2.15. The molecule has 2 rings (SSSR count). The molecule has 1 aromatic carbocycles. The minimum Gasteiger partial charge on any atom is -0.368 e. The number of anilines is 1. The number of nitrogens with one attached hydrogen (secondary N) is 1. The molecule has 0 saturated carbocycles. The zero-order valence-corrected chi connectivity index (χ0v) is 16.7. The lowest BCUT2D eigenvalue weighted by Gasteiger charge is -2.36. The number of halogens is 2. The molecule has 0 radical (unpaired) electrons. The van der Waals surface area contributed by atoms with Gasteiger partial charge in [-0.3, -0.25) is 9.59 Å². The van der Waals surface area contributed by atoms with Gasteiger partial charge in [-0.25, -0.2) is 0 Å². The molecule has 1 aromatic rings. The third-order valence-electron chi connectivity index (χ3n) is 4.25. The molecule has 1 aliphatic rings. The molecular weight excluding hydrogens is 375 g/mol. The standard InChI is InChI=1S/C18H28N4O2.2ClH/c19-10-4-8-17(23)20-11-5-9-18(24)22-14-12-21(13-15-22)16-6-2-1-3-7-16;;/h1-3,6-7H,4-5,8-15,19H2,(H,20,23);2*1H. The highest BCUT2D eigenvalue weighted by Gasteiger charge is 2.20. The van der Waals surface area contributed by atoms with E-state index in [0.29, 0.717) is 38.8 Å². The second kappa shape index (κ2) is 13.7. The average Bonchev–Trinajstić information content (AvgIpc) is 2.64. The van der Waals surface area contributed by atoms with Crippen molar-refractivity contribution < 1.29 is 9.59 Å². The molecule has 0 atom stereocenters. The zero-order valence-electron chi connectivity index (χ0n) is 15.1. The first-order chi connectivity index (χ1) is 11.7. The van der Waals surface area contributed by atoms with Gasteiger partial charge in [-0.15, -0.1) is 24.8 Å². The van der Waals surface area contributed by atoms with Crippen LogP contribution in [0, 0.1) is 0 Å². The van der Waals surface area contributed by atoms with Crippen molar-refractivity contribution in [3.63, 3.8) is 0 Å². The molecule has 1 aliphatic heterocycles. The first kappa shape index (κ1) is 24.5. The van der Waals surface area contributed by atoms with Gasteiger partial charge in [-0.1, -0.05) is 18.2 Å². The van der Waals surface area contributed by atoms with Crippen molar-refractivity contribution in [3.05, 3.63) is 30.3 Å². The average molecular weight is 405 g/mol. The van der Waals surface area contributed by atoms with Crippen LogP contribution in [-0.4, -0.2) is 56.0 Å². The van der Waals surface area contributed by atoms with Crippen LogP contribution < -0.4 is 16.0 Å². The van der Waals surface area contributed by atoms with Gasteiger partial charge in [-0.05, 0) is 31.5 Å². The fourth-order valence-corrected chi connectivity index (χ4v) is 2.83. The molecule has 148 valence electrons. The molecule has 3 N–H and O–H groups in total. The van der Waals surface area contributed by atoms with Crippen LogP contribution in [0.15, 0.2) is 30.3 Å². The monoisotopic (exact) mass is 404 g/mol. The second-order valence-corrected chi connectivity index (χ2v) is 6.05. The van der Waals surface area contributed by atoms with Gasteiger partial charge in [0.2, 0.25) is 11.8 Å².